The van der Waals surface area contributed by atoms with Gasteiger partial charge >= 0.3 is 0 Å². The highest BCUT2D eigenvalue weighted by molar-refractivity contribution is 8.18. The molecule has 0 amide bonds. The normalized spacial score (nSPS) is 18.1. The third-order valence-electron chi connectivity index (χ3n) is 7.54. The van der Waals surface area contributed by atoms with Crippen molar-refractivity contribution < 1.29 is 14.0 Å². The monoisotopic (exact) mass is 562 g/mol. The number of aliphatic hydroxyl groups is 1. The number of aliphatic hydroxyl groups excluding tert-OH is 1. The quantitative estimate of drug-likeness (QED) is 0.338. The maximum absolute atomic E-state index is 11.5. The van der Waals surface area contributed by atoms with E-state index in [1.807, 2.05) is 23.5 Å². The molecule has 1 N–H and O–H groups in total. The molecule has 3 nitrogen and oxygen atoms in total. The fourth-order valence-corrected chi connectivity index (χ4v) is 15.0. The van der Waals surface area contributed by atoms with Gasteiger partial charge in [0, 0.05) is 6.42 Å². The van der Waals surface area contributed by atoms with Gasteiger partial charge in [-0.15, -0.1) is 23.5 Å². The van der Waals surface area contributed by atoms with Crippen molar-refractivity contribution >= 4 is 50.5 Å². The summed E-state index contributed by atoms with van der Waals surface area (Å²) < 4.78 is 13.7. The summed E-state index contributed by atoms with van der Waals surface area (Å²) in [7, 11) is -4.70. The van der Waals surface area contributed by atoms with Crippen molar-refractivity contribution in [2.45, 2.75) is 87.9 Å². The lowest BCUT2D eigenvalue weighted by Gasteiger charge is -2.47. The fourth-order valence-electron chi connectivity index (χ4n) is 4.65. The molecule has 1 heterocycles. The van der Waals surface area contributed by atoms with Crippen molar-refractivity contribution in [2.24, 2.45) is 0 Å². The van der Waals surface area contributed by atoms with Crippen LogP contribution in [0.25, 0.3) is 0 Å². The summed E-state index contributed by atoms with van der Waals surface area (Å²) in [5.74, 6) is 2.15. The van der Waals surface area contributed by atoms with E-state index in [0.29, 0.717) is 13.0 Å². The highest BCUT2D eigenvalue weighted by Gasteiger charge is 2.51. The lowest BCUT2D eigenvalue weighted by molar-refractivity contribution is 0.0649. The molecule has 0 spiro atoms. The SMILES string of the molecule is CC(C)(C)[Si](C)(C)OC1(CC(O)CO[Si](c2ccccc2)(c2ccccc2)C(C)(C)C)SCCCS1. The van der Waals surface area contributed by atoms with Crippen LogP contribution in [0.15, 0.2) is 60.7 Å². The van der Waals surface area contributed by atoms with Crippen LogP contribution < -0.4 is 10.4 Å². The summed E-state index contributed by atoms with van der Waals surface area (Å²) in [6, 6.07) is 21.3. The highest BCUT2D eigenvalue weighted by atomic mass is 32.2. The Balaban J connectivity index is 1.90. The van der Waals surface area contributed by atoms with Gasteiger partial charge in [0.05, 0.1) is 12.7 Å². The molecule has 3 rings (SSSR count). The van der Waals surface area contributed by atoms with E-state index in [2.05, 4.69) is 115 Å². The van der Waals surface area contributed by atoms with Gasteiger partial charge in [0.25, 0.3) is 8.32 Å². The molecule has 2 aromatic carbocycles. The highest BCUT2D eigenvalue weighted by Crippen LogP contribution is 2.51. The van der Waals surface area contributed by atoms with Crippen LogP contribution in [0, 0.1) is 0 Å². The van der Waals surface area contributed by atoms with Gasteiger partial charge in [0.15, 0.2) is 12.6 Å². The van der Waals surface area contributed by atoms with Gasteiger partial charge in [-0.2, -0.15) is 0 Å². The Morgan fingerprint density at radius 1 is 0.833 bits per heavy atom. The van der Waals surface area contributed by atoms with Crippen molar-refractivity contribution in [3.63, 3.8) is 0 Å². The van der Waals surface area contributed by atoms with Crippen LogP contribution >= 0.6 is 23.5 Å². The molecule has 0 saturated carbocycles. The Kier molecular flexibility index (Phi) is 9.73. The van der Waals surface area contributed by atoms with E-state index in [4.69, 9.17) is 8.85 Å². The average Bonchev–Trinajstić information content (AvgIpc) is 2.79. The van der Waals surface area contributed by atoms with Crippen LogP contribution in [-0.4, -0.2) is 50.2 Å². The van der Waals surface area contributed by atoms with Gasteiger partial charge in [0.2, 0.25) is 0 Å². The molecule has 2 aromatic rings. The van der Waals surface area contributed by atoms with E-state index in [9.17, 15) is 5.11 Å². The third-order valence-corrected chi connectivity index (χ3v) is 20.4. The van der Waals surface area contributed by atoms with Crippen LogP contribution in [-0.2, 0) is 8.85 Å². The molecule has 1 atom stereocenters. The summed E-state index contributed by atoms with van der Waals surface area (Å²) in [4.78, 5) is 0. The molecule has 0 aromatic heterocycles. The first-order valence-corrected chi connectivity index (χ1v) is 19.9. The zero-order valence-corrected chi connectivity index (χ0v) is 27.1. The van der Waals surface area contributed by atoms with Crippen LogP contribution in [0.3, 0.4) is 0 Å². The lowest BCUT2D eigenvalue weighted by atomic mass is 10.2. The molecule has 1 aliphatic rings. The average molecular weight is 563 g/mol. The van der Waals surface area contributed by atoms with Gasteiger partial charge in [0.1, 0.15) is 0 Å². The second kappa shape index (κ2) is 11.7. The van der Waals surface area contributed by atoms with Crippen molar-refractivity contribution in [1.29, 1.82) is 0 Å². The maximum atomic E-state index is 11.5. The molecule has 0 radical (unpaired) electrons. The van der Waals surface area contributed by atoms with Gasteiger partial charge in [-0.1, -0.05) is 102 Å². The third kappa shape index (κ3) is 6.71. The van der Waals surface area contributed by atoms with E-state index < -0.39 is 27.0 Å². The van der Waals surface area contributed by atoms with Gasteiger partial charge in [-0.05, 0) is 51.5 Å². The van der Waals surface area contributed by atoms with E-state index in [0.717, 1.165) is 11.5 Å². The summed E-state index contributed by atoms with van der Waals surface area (Å²) in [6.45, 7) is 18.6. The number of benzene rings is 2. The predicted molar refractivity (Wildman–Crippen MR) is 165 cm³/mol. The molecule has 1 unspecified atom stereocenters. The lowest BCUT2D eigenvalue weighted by Crippen LogP contribution is -2.67. The van der Waals surface area contributed by atoms with Gasteiger partial charge in [-0.25, -0.2) is 0 Å². The summed E-state index contributed by atoms with van der Waals surface area (Å²) >= 11 is 3.77. The minimum Gasteiger partial charge on any atom is -0.405 e. The minimum atomic E-state index is -2.68. The van der Waals surface area contributed by atoms with Crippen molar-refractivity contribution in [2.75, 3.05) is 18.1 Å². The van der Waals surface area contributed by atoms with E-state index >= 15 is 0 Å². The molecule has 36 heavy (non-hydrogen) atoms. The summed E-state index contributed by atoms with van der Waals surface area (Å²) in [5.41, 5.74) is 0. The Morgan fingerprint density at radius 2 is 1.31 bits per heavy atom. The minimum absolute atomic E-state index is 0.112. The first-order valence-electron chi connectivity index (χ1n) is 13.1. The Morgan fingerprint density at radius 3 is 1.72 bits per heavy atom. The largest absolute Gasteiger partial charge is 0.405 e. The topological polar surface area (TPSA) is 38.7 Å². The molecule has 0 aliphatic carbocycles. The molecule has 1 aliphatic heterocycles. The molecule has 1 saturated heterocycles. The van der Waals surface area contributed by atoms with E-state index in [1.54, 1.807) is 0 Å². The van der Waals surface area contributed by atoms with E-state index in [1.165, 1.54) is 16.8 Å². The van der Waals surface area contributed by atoms with Crippen molar-refractivity contribution in [3.8, 4) is 0 Å². The first-order chi connectivity index (χ1) is 16.7. The Labute approximate surface area is 230 Å². The van der Waals surface area contributed by atoms with Crippen LogP contribution in [0.5, 0.6) is 0 Å². The van der Waals surface area contributed by atoms with Crippen LogP contribution in [0.4, 0.5) is 0 Å². The number of rotatable bonds is 9. The number of hydrogen-bond donors (Lipinski definition) is 1. The molecule has 7 heteroatoms. The maximum Gasteiger partial charge on any atom is 0.261 e. The number of thioether (sulfide) groups is 2. The smallest absolute Gasteiger partial charge is 0.261 e. The predicted octanol–water partition coefficient (Wildman–Crippen LogP) is 6.86. The summed E-state index contributed by atoms with van der Waals surface area (Å²) in [5, 5.41) is 14.0. The summed E-state index contributed by atoms with van der Waals surface area (Å²) in [6.07, 6.45) is 1.16. The van der Waals surface area contributed by atoms with Gasteiger partial charge in [-0.3, -0.25) is 0 Å². The van der Waals surface area contributed by atoms with Crippen molar-refractivity contribution in [1.82, 2.24) is 0 Å². The van der Waals surface area contributed by atoms with Crippen molar-refractivity contribution in [3.05, 3.63) is 60.7 Å². The van der Waals surface area contributed by atoms with E-state index in [-0.39, 0.29) is 10.1 Å². The van der Waals surface area contributed by atoms with Gasteiger partial charge < -0.3 is 14.0 Å². The molecule has 1 fully saturated rings. The van der Waals surface area contributed by atoms with Crippen LogP contribution in [0.1, 0.15) is 54.4 Å². The Hall–Kier alpha value is -0.546. The molecular weight excluding hydrogens is 517 g/mol. The van der Waals surface area contributed by atoms with Crippen LogP contribution in [0.2, 0.25) is 23.2 Å². The standard InChI is InChI=1S/C29H46O3S2Si2/c1-27(2,3)35(7,8)32-29(33-20-15-21-34-29)22-24(30)23-31-36(28(4,5)6,25-16-11-9-12-17-25)26-18-13-10-14-19-26/h9-14,16-19,24,30H,15,20-23H2,1-8H3. The second-order valence-electron chi connectivity index (χ2n) is 12.4. The molecule has 200 valence electrons. The molecular formula is C29H46O3S2Si2. The zero-order valence-electron chi connectivity index (χ0n) is 23.5. The molecule has 0 bridgehead atoms. The number of hydrogen-bond acceptors (Lipinski definition) is 5. The fraction of sp³-hybridized carbons (Fsp3) is 0.586. The second-order valence-corrected chi connectivity index (χ2v) is 24.4. The zero-order chi connectivity index (χ0) is 26.7. The Bertz CT molecular complexity index is 910. The first kappa shape index (κ1) is 30.0.